The van der Waals surface area contributed by atoms with Crippen LogP contribution in [0.1, 0.15) is 50.2 Å². The van der Waals surface area contributed by atoms with Crippen molar-refractivity contribution in [2.45, 2.75) is 63.7 Å². The van der Waals surface area contributed by atoms with Crippen LogP contribution in [0.2, 0.25) is 0 Å². The standard InChI is InChI=1S/C24H31NO3/c1-23-8-4-9-24(15-27-24)21(23)11-18-19(22(26)28-20(18)12-23)14-25-10-7-16-5-2-3-6-17(16)13-25/h2-3,5-6,18-21H,4,7-15H2,1H3/t18-,19-,20+,21-,23+,24-/m0/s1. The van der Waals surface area contributed by atoms with Crippen molar-refractivity contribution in [1.82, 2.24) is 4.90 Å². The summed E-state index contributed by atoms with van der Waals surface area (Å²) in [4.78, 5) is 15.3. The molecular weight excluding hydrogens is 350 g/mol. The van der Waals surface area contributed by atoms with Gasteiger partial charge in [-0.05, 0) is 61.0 Å². The van der Waals surface area contributed by atoms with Crippen molar-refractivity contribution in [3.05, 3.63) is 35.4 Å². The average molecular weight is 382 g/mol. The highest BCUT2D eigenvalue weighted by atomic mass is 16.6. The Kier molecular flexibility index (Phi) is 3.78. The molecule has 1 spiro atoms. The maximum atomic E-state index is 12.9. The molecule has 6 atom stereocenters. The van der Waals surface area contributed by atoms with Gasteiger partial charge >= 0.3 is 5.97 Å². The van der Waals surface area contributed by atoms with Crippen LogP contribution in [0.25, 0.3) is 0 Å². The Morgan fingerprint density at radius 1 is 1.21 bits per heavy atom. The minimum absolute atomic E-state index is 0.0394. The fourth-order valence-corrected chi connectivity index (χ4v) is 7.15. The summed E-state index contributed by atoms with van der Waals surface area (Å²) < 4.78 is 12.0. The number of fused-ring (bicyclic) bond motifs is 4. The molecule has 3 heterocycles. The number of ether oxygens (including phenoxy) is 2. The first kappa shape index (κ1) is 17.5. The molecule has 2 aliphatic carbocycles. The van der Waals surface area contributed by atoms with Gasteiger partial charge in [0.25, 0.3) is 0 Å². The number of carbonyl (C=O) groups is 1. The molecule has 0 bridgehead atoms. The van der Waals surface area contributed by atoms with E-state index in [1.807, 2.05) is 0 Å². The predicted molar refractivity (Wildman–Crippen MR) is 106 cm³/mol. The van der Waals surface area contributed by atoms with Gasteiger partial charge in [0.15, 0.2) is 0 Å². The molecule has 2 saturated heterocycles. The second kappa shape index (κ2) is 6.06. The first-order valence-corrected chi connectivity index (χ1v) is 11.2. The summed E-state index contributed by atoms with van der Waals surface area (Å²) >= 11 is 0. The number of hydrogen-bond acceptors (Lipinski definition) is 4. The van der Waals surface area contributed by atoms with Gasteiger partial charge in [-0.15, -0.1) is 0 Å². The van der Waals surface area contributed by atoms with Gasteiger partial charge in [0.05, 0.1) is 18.1 Å². The highest BCUT2D eigenvalue weighted by Gasteiger charge is 2.65. The SMILES string of the molecule is C[C@]12CCC[C@]3(CO3)[C@H]1C[C@H]1[C@H](CN3CCc4ccccc4C3)C(=O)O[C@@H]1C2. The van der Waals surface area contributed by atoms with Gasteiger partial charge in [-0.3, -0.25) is 9.69 Å². The van der Waals surface area contributed by atoms with Crippen LogP contribution in [-0.4, -0.2) is 42.3 Å². The van der Waals surface area contributed by atoms with Crippen LogP contribution in [-0.2, 0) is 27.2 Å². The van der Waals surface area contributed by atoms with Gasteiger partial charge in [-0.1, -0.05) is 31.2 Å². The van der Waals surface area contributed by atoms with E-state index in [9.17, 15) is 4.79 Å². The van der Waals surface area contributed by atoms with Gasteiger partial charge in [-0.25, -0.2) is 0 Å². The molecule has 0 radical (unpaired) electrons. The Morgan fingerprint density at radius 3 is 2.86 bits per heavy atom. The van der Waals surface area contributed by atoms with E-state index in [2.05, 4.69) is 36.1 Å². The molecule has 4 heteroatoms. The molecule has 150 valence electrons. The minimum Gasteiger partial charge on any atom is -0.462 e. The summed E-state index contributed by atoms with van der Waals surface area (Å²) in [7, 11) is 0. The van der Waals surface area contributed by atoms with E-state index in [1.54, 1.807) is 0 Å². The third kappa shape index (κ3) is 2.60. The van der Waals surface area contributed by atoms with E-state index in [1.165, 1.54) is 30.4 Å². The van der Waals surface area contributed by atoms with E-state index in [-0.39, 0.29) is 29.0 Å². The van der Waals surface area contributed by atoms with E-state index in [4.69, 9.17) is 9.47 Å². The Bertz CT molecular complexity index is 803. The van der Waals surface area contributed by atoms with E-state index < -0.39 is 0 Å². The normalized spacial score (nSPS) is 44.5. The number of rotatable bonds is 2. The lowest BCUT2D eigenvalue weighted by molar-refractivity contribution is -0.147. The average Bonchev–Trinajstić information content (AvgIpc) is 3.39. The summed E-state index contributed by atoms with van der Waals surface area (Å²) in [6, 6.07) is 8.74. The number of esters is 1. The second-order valence-electron chi connectivity index (χ2n) is 10.4. The van der Waals surface area contributed by atoms with E-state index >= 15 is 0 Å². The zero-order chi connectivity index (χ0) is 18.9. The summed E-state index contributed by atoms with van der Waals surface area (Å²) in [5.74, 6) is 1.08. The highest BCUT2D eigenvalue weighted by molar-refractivity contribution is 5.75. The molecule has 0 aromatic heterocycles. The Labute approximate surface area is 167 Å². The molecule has 0 unspecified atom stereocenters. The van der Waals surface area contributed by atoms with Crippen LogP contribution in [0, 0.1) is 23.2 Å². The Hall–Kier alpha value is -1.39. The summed E-state index contributed by atoms with van der Waals surface area (Å²) in [6.07, 6.45) is 7.10. The van der Waals surface area contributed by atoms with Crippen molar-refractivity contribution in [1.29, 1.82) is 0 Å². The van der Waals surface area contributed by atoms with Crippen molar-refractivity contribution in [2.24, 2.45) is 23.2 Å². The van der Waals surface area contributed by atoms with Crippen molar-refractivity contribution >= 4 is 5.97 Å². The van der Waals surface area contributed by atoms with Crippen molar-refractivity contribution in [3.63, 3.8) is 0 Å². The Morgan fingerprint density at radius 2 is 2.04 bits per heavy atom. The third-order valence-electron chi connectivity index (χ3n) is 8.74. The summed E-state index contributed by atoms with van der Waals surface area (Å²) in [5, 5.41) is 0. The van der Waals surface area contributed by atoms with Crippen molar-refractivity contribution in [2.75, 3.05) is 19.7 Å². The molecule has 28 heavy (non-hydrogen) atoms. The quantitative estimate of drug-likeness (QED) is 0.580. The van der Waals surface area contributed by atoms with Crippen LogP contribution in [0.5, 0.6) is 0 Å². The minimum atomic E-state index is 0.0394. The first-order valence-electron chi connectivity index (χ1n) is 11.2. The molecule has 4 fully saturated rings. The molecule has 6 rings (SSSR count). The molecule has 1 aromatic rings. The van der Waals surface area contributed by atoms with Crippen LogP contribution in [0.3, 0.4) is 0 Å². The number of carbonyl (C=O) groups excluding carboxylic acids is 1. The van der Waals surface area contributed by atoms with Gasteiger partial charge < -0.3 is 9.47 Å². The molecule has 0 N–H and O–H groups in total. The largest absolute Gasteiger partial charge is 0.462 e. The Balaban J connectivity index is 1.21. The van der Waals surface area contributed by atoms with Crippen LogP contribution in [0.15, 0.2) is 24.3 Å². The fourth-order valence-electron chi connectivity index (χ4n) is 7.15. The maximum Gasteiger partial charge on any atom is 0.310 e. The molecular formula is C24H31NO3. The number of nitrogens with zero attached hydrogens (tertiary/aromatic N) is 1. The number of benzene rings is 1. The smallest absolute Gasteiger partial charge is 0.310 e. The highest BCUT2D eigenvalue weighted by Crippen LogP contribution is 2.62. The zero-order valence-corrected chi connectivity index (χ0v) is 16.9. The maximum absolute atomic E-state index is 12.9. The first-order chi connectivity index (χ1) is 13.6. The molecule has 4 nitrogen and oxygen atoms in total. The lowest BCUT2D eigenvalue weighted by Crippen LogP contribution is -2.51. The van der Waals surface area contributed by atoms with Crippen molar-refractivity contribution < 1.29 is 14.3 Å². The molecule has 1 aromatic carbocycles. The molecule has 2 saturated carbocycles. The van der Waals surface area contributed by atoms with Gasteiger partial charge in [0, 0.05) is 25.6 Å². The summed E-state index contributed by atoms with van der Waals surface area (Å²) in [6.45, 7) is 6.23. The second-order valence-corrected chi connectivity index (χ2v) is 10.4. The topological polar surface area (TPSA) is 42.1 Å². The van der Waals surface area contributed by atoms with Crippen molar-refractivity contribution in [3.8, 4) is 0 Å². The van der Waals surface area contributed by atoms with E-state index in [0.29, 0.717) is 11.8 Å². The van der Waals surface area contributed by atoms with Gasteiger partial charge in [0.2, 0.25) is 0 Å². The molecule has 3 aliphatic heterocycles. The predicted octanol–water partition coefficient (Wildman–Crippen LogP) is 3.57. The monoisotopic (exact) mass is 381 g/mol. The fraction of sp³-hybridized carbons (Fsp3) is 0.708. The zero-order valence-electron chi connectivity index (χ0n) is 16.9. The van der Waals surface area contributed by atoms with Crippen LogP contribution < -0.4 is 0 Å². The van der Waals surface area contributed by atoms with Gasteiger partial charge in [-0.2, -0.15) is 0 Å². The third-order valence-corrected chi connectivity index (χ3v) is 8.74. The van der Waals surface area contributed by atoms with Gasteiger partial charge in [0.1, 0.15) is 6.10 Å². The lowest BCUT2D eigenvalue weighted by atomic mass is 9.53. The number of epoxide rings is 1. The molecule has 0 amide bonds. The van der Waals surface area contributed by atoms with E-state index in [0.717, 1.165) is 45.5 Å². The van der Waals surface area contributed by atoms with Crippen LogP contribution in [0.4, 0.5) is 0 Å². The van der Waals surface area contributed by atoms with Crippen LogP contribution >= 0.6 is 0 Å². The lowest BCUT2D eigenvalue weighted by Gasteiger charge is -2.51. The number of hydrogen-bond donors (Lipinski definition) is 0. The molecule has 5 aliphatic rings. The summed E-state index contributed by atoms with van der Waals surface area (Å²) in [5.41, 5.74) is 3.31.